The number of amides is 2. The third-order valence-corrected chi connectivity index (χ3v) is 1.84. The first-order valence-electron chi connectivity index (χ1n) is 3.92. The third kappa shape index (κ3) is 0.905. The van der Waals surface area contributed by atoms with Gasteiger partial charge in [-0.15, -0.1) is 0 Å². The molecule has 0 fully saturated rings. The molecule has 0 aliphatic carbocycles. The number of carbonyl (C=O) groups excluding carboxylic acids is 1. The van der Waals surface area contributed by atoms with Crippen molar-refractivity contribution in [2.75, 3.05) is 0 Å². The average molecular weight is 185 g/mol. The minimum atomic E-state index is -0.550. The Kier molecular flexibility index (Phi) is 1.22. The van der Waals surface area contributed by atoms with Crippen molar-refractivity contribution in [2.24, 2.45) is 15.0 Å². The predicted octanol–water partition coefficient (Wildman–Crippen LogP) is -0.747. The quantitative estimate of drug-likeness (QED) is 0.533. The van der Waals surface area contributed by atoms with E-state index in [1.165, 1.54) is 6.21 Å². The highest BCUT2D eigenvalue weighted by molar-refractivity contribution is 5.92. The summed E-state index contributed by atoms with van der Waals surface area (Å²) < 4.78 is 0. The van der Waals surface area contributed by atoms with Gasteiger partial charge in [-0.3, -0.25) is 0 Å². The molecule has 0 saturated carbocycles. The lowest BCUT2D eigenvalue weighted by Gasteiger charge is -1.97. The fourth-order valence-corrected chi connectivity index (χ4v) is 1.23. The molecule has 6 nitrogen and oxygen atoms in total. The number of rotatable bonds is 0. The fourth-order valence-electron chi connectivity index (χ4n) is 1.23. The summed E-state index contributed by atoms with van der Waals surface area (Å²) in [6.07, 6.45) is 4.68. The molecule has 3 heterocycles. The lowest BCUT2D eigenvalue weighted by Crippen LogP contribution is -2.29. The van der Waals surface area contributed by atoms with E-state index in [2.05, 4.69) is 24.9 Å². The van der Waals surface area contributed by atoms with E-state index in [-0.39, 0.29) is 0 Å². The Morgan fingerprint density at radius 1 is 1.07 bits per heavy atom. The van der Waals surface area contributed by atoms with Crippen LogP contribution in [-0.4, -0.2) is 22.2 Å². The van der Waals surface area contributed by atoms with Crippen LogP contribution in [0, 0.1) is 0 Å². The Morgan fingerprint density at radius 3 is 2.86 bits per heavy atom. The molecule has 0 spiro atoms. The Hall–Kier alpha value is -2.24. The molecule has 0 bridgehead atoms. The summed E-state index contributed by atoms with van der Waals surface area (Å²) in [5.74, 6) is 0. The number of aromatic nitrogens is 2. The summed E-state index contributed by atoms with van der Waals surface area (Å²) in [7, 11) is 0. The van der Waals surface area contributed by atoms with Crippen LogP contribution in [0.1, 0.15) is 11.4 Å². The molecule has 66 valence electrons. The van der Waals surface area contributed by atoms with Crippen LogP contribution < -0.4 is 11.0 Å². The maximum Gasteiger partial charge on any atom is 0.369 e. The van der Waals surface area contributed by atoms with E-state index in [1.54, 1.807) is 12.3 Å². The van der Waals surface area contributed by atoms with Crippen molar-refractivity contribution < 1.29 is 4.79 Å². The van der Waals surface area contributed by atoms with Crippen LogP contribution in [0.5, 0.6) is 0 Å². The molecule has 2 aliphatic heterocycles. The molecule has 14 heavy (non-hydrogen) atoms. The van der Waals surface area contributed by atoms with E-state index in [9.17, 15) is 4.79 Å². The van der Waals surface area contributed by atoms with E-state index < -0.39 is 6.03 Å². The van der Waals surface area contributed by atoms with Crippen molar-refractivity contribution in [3.63, 3.8) is 0 Å². The van der Waals surface area contributed by atoms with Crippen LogP contribution in [-0.2, 0) is 0 Å². The predicted molar refractivity (Wildman–Crippen MR) is 46.4 cm³/mol. The smallest absolute Gasteiger partial charge is 0.244 e. The zero-order chi connectivity index (χ0) is 9.54. The Labute approximate surface area is 77.5 Å². The SMILES string of the molecule is O=C1N=Cc2nc3c(nc2=N1)C=CN=3. The Balaban J connectivity index is 2.42. The molecule has 2 aliphatic rings. The molecule has 0 unspecified atom stereocenters. The minimum absolute atomic E-state index is 0.311. The second-order valence-electron chi connectivity index (χ2n) is 2.74. The summed E-state index contributed by atoms with van der Waals surface area (Å²) in [4.78, 5) is 30.2. The topological polar surface area (TPSA) is 79.9 Å². The summed E-state index contributed by atoms with van der Waals surface area (Å²) in [6.45, 7) is 0. The van der Waals surface area contributed by atoms with E-state index in [1.807, 2.05) is 0 Å². The van der Waals surface area contributed by atoms with Gasteiger partial charge in [0.25, 0.3) is 0 Å². The average Bonchev–Trinajstić information content (AvgIpc) is 2.61. The van der Waals surface area contributed by atoms with Crippen LogP contribution in [0.25, 0.3) is 6.08 Å². The summed E-state index contributed by atoms with van der Waals surface area (Å²) in [5.41, 5.74) is 1.97. The van der Waals surface area contributed by atoms with Crippen LogP contribution in [0.15, 0.2) is 21.2 Å². The largest absolute Gasteiger partial charge is 0.369 e. The highest BCUT2D eigenvalue weighted by Gasteiger charge is 2.10. The lowest BCUT2D eigenvalue weighted by molar-refractivity contribution is 0.256. The molecule has 0 saturated heterocycles. The van der Waals surface area contributed by atoms with Crippen molar-refractivity contribution >= 4 is 18.3 Å². The normalized spacial score (nSPS) is 15.9. The molecular weight excluding hydrogens is 182 g/mol. The second kappa shape index (κ2) is 2.38. The number of fused-ring (bicyclic) bond motifs is 2. The maximum absolute atomic E-state index is 10.9. The minimum Gasteiger partial charge on any atom is -0.244 e. The molecule has 1 aromatic rings. The number of aliphatic imine (C=N–C) groups is 1. The van der Waals surface area contributed by atoms with Crippen molar-refractivity contribution in [3.05, 3.63) is 28.6 Å². The zero-order valence-electron chi connectivity index (χ0n) is 6.88. The van der Waals surface area contributed by atoms with Gasteiger partial charge in [0, 0.05) is 6.20 Å². The molecule has 0 N–H and O–H groups in total. The lowest BCUT2D eigenvalue weighted by atomic mass is 10.4. The number of nitrogens with zero attached hydrogens (tertiary/aromatic N) is 5. The van der Waals surface area contributed by atoms with E-state index in [0.29, 0.717) is 22.4 Å². The van der Waals surface area contributed by atoms with Gasteiger partial charge in [0.2, 0.25) is 0 Å². The van der Waals surface area contributed by atoms with Crippen LogP contribution in [0.2, 0.25) is 0 Å². The molecular formula is C8H3N5O. The van der Waals surface area contributed by atoms with Gasteiger partial charge in [0.1, 0.15) is 11.4 Å². The van der Waals surface area contributed by atoms with Gasteiger partial charge in [0.15, 0.2) is 11.0 Å². The Bertz CT molecular complexity index is 613. The first-order chi connectivity index (χ1) is 6.83. The standard InChI is InChI=1S/C8H3N5O/c14-8-10-3-5-7(13-8)11-4-1-2-9-6(4)12-5/h1-3H. The molecule has 0 atom stereocenters. The second-order valence-corrected chi connectivity index (χ2v) is 2.74. The van der Waals surface area contributed by atoms with E-state index in [0.717, 1.165) is 0 Å². The van der Waals surface area contributed by atoms with E-state index >= 15 is 0 Å². The third-order valence-electron chi connectivity index (χ3n) is 1.84. The highest BCUT2D eigenvalue weighted by atomic mass is 16.2. The van der Waals surface area contributed by atoms with Crippen molar-refractivity contribution in [1.82, 2.24) is 9.97 Å². The van der Waals surface area contributed by atoms with Crippen LogP contribution in [0.3, 0.4) is 0 Å². The van der Waals surface area contributed by atoms with Gasteiger partial charge in [0.05, 0.1) is 6.21 Å². The van der Waals surface area contributed by atoms with Gasteiger partial charge in [-0.05, 0) is 6.08 Å². The van der Waals surface area contributed by atoms with Gasteiger partial charge >= 0.3 is 6.03 Å². The number of carbonyl (C=O) groups is 1. The monoisotopic (exact) mass is 185 g/mol. The highest BCUT2D eigenvalue weighted by Crippen LogP contribution is 1.95. The first-order valence-corrected chi connectivity index (χ1v) is 3.92. The first kappa shape index (κ1) is 7.19. The zero-order valence-corrected chi connectivity index (χ0v) is 6.88. The Morgan fingerprint density at radius 2 is 1.93 bits per heavy atom. The number of urea groups is 1. The molecule has 0 radical (unpaired) electrons. The summed E-state index contributed by atoms with van der Waals surface area (Å²) >= 11 is 0. The van der Waals surface area contributed by atoms with Crippen LogP contribution in [0.4, 0.5) is 4.79 Å². The molecule has 0 aromatic carbocycles. The molecule has 6 heteroatoms. The number of hydrogen-bond donors (Lipinski definition) is 0. The van der Waals surface area contributed by atoms with Crippen LogP contribution >= 0.6 is 0 Å². The molecule has 2 amide bonds. The fraction of sp³-hybridized carbons (Fsp3) is 0. The van der Waals surface area contributed by atoms with E-state index in [4.69, 9.17) is 0 Å². The van der Waals surface area contributed by atoms with Crippen molar-refractivity contribution in [3.8, 4) is 0 Å². The van der Waals surface area contributed by atoms with Gasteiger partial charge in [-0.1, -0.05) is 0 Å². The molecule has 1 aromatic heterocycles. The maximum atomic E-state index is 10.9. The van der Waals surface area contributed by atoms with Gasteiger partial charge in [-0.2, -0.15) is 9.98 Å². The summed E-state index contributed by atoms with van der Waals surface area (Å²) in [6, 6.07) is -0.550. The van der Waals surface area contributed by atoms with Gasteiger partial charge in [-0.25, -0.2) is 19.8 Å². The number of hydrogen-bond acceptors (Lipinski definition) is 4. The van der Waals surface area contributed by atoms with Crippen molar-refractivity contribution in [1.29, 1.82) is 0 Å². The van der Waals surface area contributed by atoms with Crippen molar-refractivity contribution in [2.45, 2.75) is 0 Å². The molecule has 3 rings (SSSR count). The van der Waals surface area contributed by atoms with Gasteiger partial charge < -0.3 is 0 Å². The summed E-state index contributed by atoms with van der Waals surface area (Å²) in [5, 5.41) is 0.